The number of rotatable bonds is 9. The highest BCUT2D eigenvalue weighted by Crippen LogP contribution is 2.29. The van der Waals surface area contributed by atoms with Crippen molar-refractivity contribution in [2.75, 3.05) is 13.2 Å². The molecule has 7 heteroatoms. The Labute approximate surface area is 203 Å². The molecule has 0 fully saturated rings. The van der Waals surface area contributed by atoms with E-state index in [9.17, 15) is 14.0 Å². The lowest BCUT2D eigenvalue weighted by atomic mass is 10.1. The van der Waals surface area contributed by atoms with Crippen LogP contribution < -0.4 is 4.74 Å². The molecule has 0 bridgehead atoms. The fraction of sp³-hybridized carbons (Fsp3) is 0.286. The maximum absolute atomic E-state index is 13.1. The highest BCUT2D eigenvalue weighted by molar-refractivity contribution is 6.01. The van der Waals surface area contributed by atoms with Gasteiger partial charge in [-0.2, -0.15) is 0 Å². The maximum atomic E-state index is 13.1. The largest absolute Gasteiger partial charge is 0.494 e. The van der Waals surface area contributed by atoms with Crippen molar-refractivity contribution < 1.29 is 27.9 Å². The quantitative estimate of drug-likeness (QED) is 0.219. The summed E-state index contributed by atoms with van der Waals surface area (Å²) in [5.41, 5.74) is 4.44. The van der Waals surface area contributed by atoms with Crippen molar-refractivity contribution in [2.24, 2.45) is 0 Å². The van der Waals surface area contributed by atoms with Crippen LogP contribution in [0.15, 0.2) is 52.9 Å². The predicted octanol–water partition coefficient (Wildman–Crippen LogP) is 5.98. The van der Waals surface area contributed by atoms with Gasteiger partial charge in [0.2, 0.25) is 11.5 Å². The van der Waals surface area contributed by atoms with E-state index in [1.54, 1.807) is 37.3 Å². The Kier molecular flexibility index (Phi) is 7.05. The van der Waals surface area contributed by atoms with Gasteiger partial charge in [-0.25, -0.2) is 9.18 Å². The van der Waals surface area contributed by atoms with E-state index in [4.69, 9.17) is 13.9 Å². The number of carbonyl (C=O) groups is 2. The summed E-state index contributed by atoms with van der Waals surface area (Å²) in [6.45, 7) is 8.26. The molecule has 6 nitrogen and oxygen atoms in total. The zero-order valence-electron chi connectivity index (χ0n) is 20.3. The molecule has 0 amide bonds. The average molecular weight is 478 g/mol. The second-order valence-corrected chi connectivity index (χ2v) is 8.46. The Balaban J connectivity index is 1.43. The van der Waals surface area contributed by atoms with E-state index in [2.05, 4.69) is 0 Å². The van der Waals surface area contributed by atoms with Gasteiger partial charge in [-0.15, -0.1) is 0 Å². The van der Waals surface area contributed by atoms with Gasteiger partial charge in [0.1, 0.15) is 17.1 Å². The predicted molar refractivity (Wildman–Crippen MR) is 131 cm³/mol. The Morgan fingerprint density at radius 1 is 1.03 bits per heavy atom. The molecule has 2 heterocycles. The van der Waals surface area contributed by atoms with Crippen molar-refractivity contribution in [1.29, 1.82) is 0 Å². The first-order chi connectivity index (χ1) is 16.8. The van der Waals surface area contributed by atoms with Gasteiger partial charge in [0.15, 0.2) is 6.61 Å². The molecule has 0 aliphatic carbocycles. The number of fused-ring (bicyclic) bond motifs is 1. The molecule has 4 rings (SSSR count). The van der Waals surface area contributed by atoms with E-state index in [1.807, 2.05) is 31.4 Å². The Morgan fingerprint density at radius 2 is 1.77 bits per heavy atom. The minimum atomic E-state index is -0.685. The molecule has 0 radical (unpaired) electrons. The monoisotopic (exact) mass is 477 g/mol. The number of nitrogens with zero attached hydrogens (tertiary/aromatic N) is 1. The van der Waals surface area contributed by atoms with Crippen molar-refractivity contribution in [3.05, 3.63) is 88.2 Å². The number of benzene rings is 2. The summed E-state index contributed by atoms with van der Waals surface area (Å²) in [7, 11) is 0. The molecule has 2 aromatic heterocycles. The van der Waals surface area contributed by atoms with Crippen molar-refractivity contribution in [1.82, 2.24) is 4.57 Å². The number of aromatic nitrogens is 1. The Morgan fingerprint density at radius 3 is 2.49 bits per heavy atom. The number of aryl methyl sites for hydroxylation is 3. The van der Waals surface area contributed by atoms with E-state index < -0.39 is 5.97 Å². The van der Waals surface area contributed by atoms with Gasteiger partial charge in [-0.1, -0.05) is 12.1 Å². The van der Waals surface area contributed by atoms with Gasteiger partial charge < -0.3 is 18.5 Å². The third kappa shape index (κ3) is 5.14. The van der Waals surface area contributed by atoms with Crippen LogP contribution in [0.25, 0.3) is 11.0 Å². The average Bonchev–Trinajstić information content (AvgIpc) is 3.32. The molecular weight excluding hydrogens is 449 g/mol. The van der Waals surface area contributed by atoms with Gasteiger partial charge in [-0.05, 0) is 76.1 Å². The van der Waals surface area contributed by atoms with E-state index >= 15 is 0 Å². The highest BCUT2D eigenvalue weighted by Gasteiger charge is 2.22. The lowest BCUT2D eigenvalue weighted by molar-refractivity contribution is 0.0445. The Bertz CT molecular complexity index is 1380. The molecule has 0 N–H and O–H groups in total. The van der Waals surface area contributed by atoms with Gasteiger partial charge in [-0.3, -0.25) is 4.79 Å². The number of ketones is 1. The summed E-state index contributed by atoms with van der Waals surface area (Å²) in [5.74, 6) is -0.473. The molecule has 0 aliphatic rings. The standard InChI is InChI=1S/C28H28FNO5/c1-5-33-22-10-11-26-23(15-22)18(3)27(35-26)28(32)34-16-25(31)24-14-17(2)30(19(24)4)13-12-20-6-8-21(29)9-7-20/h6-11,14-15H,5,12-13,16H2,1-4H3. The van der Waals surface area contributed by atoms with Crippen LogP contribution in [0, 0.1) is 26.6 Å². The third-order valence-electron chi connectivity index (χ3n) is 6.15. The van der Waals surface area contributed by atoms with Crippen LogP contribution in [0.3, 0.4) is 0 Å². The van der Waals surface area contributed by atoms with E-state index in [1.165, 1.54) is 12.1 Å². The molecule has 0 unspecified atom stereocenters. The molecule has 0 atom stereocenters. The van der Waals surface area contributed by atoms with Crippen molar-refractivity contribution in [3.8, 4) is 5.75 Å². The summed E-state index contributed by atoms with van der Waals surface area (Å²) in [6.07, 6.45) is 0.704. The normalized spacial score (nSPS) is 11.1. The van der Waals surface area contributed by atoms with E-state index in [0.29, 0.717) is 42.0 Å². The maximum Gasteiger partial charge on any atom is 0.375 e. The van der Waals surface area contributed by atoms with Crippen LogP contribution in [0.2, 0.25) is 0 Å². The number of ether oxygens (including phenoxy) is 2. The Hall–Kier alpha value is -3.87. The van der Waals surface area contributed by atoms with Crippen molar-refractivity contribution in [3.63, 3.8) is 0 Å². The van der Waals surface area contributed by atoms with E-state index in [-0.39, 0.29) is 24.0 Å². The lowest BCUT2D eigenvalue weighted by Gasteiger charge is -2.10. The number of Topliss-reactive ketones (excluding diaryl/α,β-unsaturated/α-hetero) is 1. The second-order valence-electron chi connectivity index (χ2n) is 8.46. The summed E-state index contributed by atoms with van der Waals surface area (Å²) in [4.78, 5) is 25.6. The molecule has 182 valence electrons. The third-order valence-corrected chi connectivity index (χ3v) is 6.15. The van der Waals surface area contributed by atoms with Crippen LogP contribution in [0.1, 0.15) is 50.4 Å². The highest BCUT2D eigenvalue weighted by atomic mass is 19.1. The summed E-state index contributed by atoms with van der Waals surface area (Å²) in [6, 6.07) is 13.5. The van der Waals surface area contributed by atoms with Crippen molar-refractivity contribution >= 4 is 22.7 Å². The first kappa shape index (κ1) is 24.3. The molecule has 0 saturated carbocycles. The lowest BCUT2D eigenvalue weighted by Crippen LogP contribution is -2.15. The molecule has 0 aliphatic heterocycles. The second kappa shape index (κ2) is 10.2. The first-order valence-corrected chi connectivity index (χ1v) is 11.6. The first-order valence-electron chi connectivity index (χ1n) is 11.6. The molecular formula is C28H28FNO5. The number of halogens is 1. The number of hydrogen-bond acceptors (Lipinski definition) is 5. The summed E-state index contributed by atoms with van der Waals surface area (Å²) >= 11 is 0. The minimum absolute atomic E-state index is 0.0752. The SMILES string of the molecule is CCOc1ccc2oc(C(=O)OCC(=O)c3cc(C)n(CCc4ccc(F)cc4)c3C)c(C)c2c1. The molecule has 2 aromatic carbocycles. The van der Waals surface area contributed by atoms with Gasteiger partial charge in [0.25, 0.3) is 0 Å². The van der Waals surface area contributed by atoms with Gasteiger partial charge in [0.05, 0.1) is 6.61 Å². The topological polar surface area (TPSA) is 70.7 Å². The summed E-state index contributed by atoms with van der Waals surface area (Å²) < 4.78 is 31.7. The fourth-order valence-corrected chi connectivity index (χ4v) is 4.25. The number of esters is 1. The zero-order chi connectivity index (χ0) is 25.1. The minimum Gasteiger partial charge on any atom is -0.494 e. The number of furan rings is 1. The van der Waals surface area contributed by atoms with Crippen LogP contribution in [-0.4, -0.2) is 29.5 Å². The van der Waals surface area contributed by atoms with Crippen LogP contribution in [-0.2, 0) is 17.7 Å². The number of carbonyl (C=O) groups excluding carboxylic acids is 2. The van der Waals surface area contributed by atoms with E-state index in [0.717, 1.165) is 22.3 Å². The van der Waals surface area contributed by atoms with Crippen LogP contribution in [0.5, 0.6) is 5.75 Å². The summed E-state index contributed by atoms with van der Waals surface area (Å²) in [5, 5.41) is 0.763. The van der Waals surface area contributed by atoms with Gasteiger partial charge >= 0.3 is 5.97 Å². The zero-order valence-corrected chi connectivity index (χ0v) is 20.3. The number of hydrogen-bond donors (Lipinski definition) is 0. The molecule has 0 saturated heterocycles. The molecule has 0 spiro atoms. The van der Waals surface area contributed by atoms with Crippen LogP contribution >= 0.6 is 0 Å². The smallest absolute Gasteiger partial charge is 0.375 e. The fourth-order valence-electron chi connectivity index (χ4n) is 4.25. The molecule has 4 aromatic rings. The van der Waals surface area contributed by atoms with Crippen LogP contribution in [0.4, 0.5) is 4.39 Å². The molecule has 35 heavy (non-hydrogen) atoms. The van der Waals surface area contributed by atoms with Crippen molar-refractivity contribution in [2.45, 2.75) is 40.7 Å². The van der Waals surface area contributed by atoms with Gasteiger partial charge in [0, 0.05) is 34.4 Å².